The van der Waals surface area contributed by atoms with Gasteiger partial charge in [-0.05, 0) is 25.0 Å². The maximum absolute atomic E-state index is 11.4. The summed E-state index contributed by atoms with van der Waals surface area (Å²) in [5, 5.41) is 10.3. The number of carbonyl (C=O) groups is 1. The molecule has 1 amide bonds. The summed E-state index contributed by atoms with van der Waals surface area (Å²) in [7, 11) is 1.93. The first kappa shape index (κ1) is 12.9. The molecule has 6 heteroatoms. The Bertz CT molecular complexity index is 666. The Morgan fingerprint density at radius 3 is 2.90 bits per heavy atom. The summed E-state index contributed by atoms with van der Waals surface area (Å²) in [6.07, 6.45) is 1.12. The third kappa shape index (κ3) is 1.92. The largest absolute Gasteiger partial charge is 0.378 e. The molecular formula is C14H18N4O2. The maximum Gasteiger partial charge on any atom is 0.251 e. The fourth-order valence-corrected chi connectivity index (χ4v) is 2.82. The Balaban J connectivity index is 1.99. The highest BCUT2D eigenvalue weighted by atomic mass is 16.3. The van der Waals surface area contributed by atoms with E-state index in [0.29, 0.717) is 12.8 Å². The molecule has 1 aromatic heterocycles. The quantitative estimate of drug-likeness (QED) is 0.829. The minimum atomic E-state index is -1.46. The number of nitrogens with two attached hydrogens (primary N) is 1. The number of fused-ring (bicyclic) bond motifs is 1. The van der Waals surface area contributed by atoms with Gasteiger partial charge < -0.3 is 20.3 Å². The Hall–Kier alpha value is -2.08. The standard InChI is InChI=1S/C14H18N4O2/c1-17-11-6-3-2-5-10(11)16-13(17)18-8-4-7-14(20,9-18)12(15)19/h2-3,5-6,20H,4,7-9H2,1H3,(H2,15,19). The molecule has 2 heterocycles. The number of primary amides is 1. The average Bonchev–Trinajstić information content (AvgIpc) is 2.77. The van der Waals surface area contributed by atoms with Gasteiger partial charge in [0, 0.05) is 13.6 Å². The molecule has 3 N–H and O–H groups in total. The number of benzene rings is 1. The number of piperidine rings is 1. The first-order chi connectivity index (χ1) is 9.51. The summed E-state index contributed by atoms with van der Waals surface area (Å²) in [5.41, 5.74) is 5.78. The predicted molar refractivity (Wildman–Crippen MR) is 76.3 cm³/mol. The van der Waals surface area contributed by atoms with Crippen LogP contribution in [0.2, 0.25) is 0 Å². The average molecular weight is 274 g/mol. The van der Waals surface area contributed by atoms with E-state index in [1.807, 2.05) is 40.8 Å². The highest BCUT2D eigenvalue weighted by Crippen LogP contribution is 2.27. The normalized spacial score (nSPS) is 23.2. The van der Waals surface area contributed by atoms with Crippen LogP contribution in [0.25, 0.3) is 11.0 Å². The smallest absolute Gasteiger partial charge is 0.251 e. The Morgan fingerprint density at radius 1 is 1.45 bits per heavy atom. The number of imidazole rings is 1. The van der Waals surface area contributed by atoms with Crippen molar-refractivity contribution in [3.05, 3.63) is 24.3 Å². The molecule has 1 saturated heterocycles. The number of aliphatic hydroxyl groups is 1. The van der Waals surface area contributed by atoms with Crippen LogP contribution >= 0.6 is 0 Å². The zero-order valence-corrected chi connectivity index (χ0v) is 11.4. The van der Waals surface area contributed by atoms with Gasteiger partial charge in [0.1, 0.15) is 0 Å². The number of carbonyl (C=O) groups excluding carboxylic acids is 1. The number of hydrogen-bond donors (Lipinski definition) is 2. The van der Waals surface area contributed by atoms with Crippen LogP contribution in [0.5, 0.6) is 0 Å². The third-order valence-corrected chi connectivity index (χ3v) is 3.98. The van der Waals surface area contributed by atoms with E-state index in [4.69, 9.17) is 5.73 Å². The third-order valence-electron chi connectivity index (χ3n) is 3.98. The first-order valence-corrected chi connectivity index (χ1v) is 6.70. The SMILES string of the molecule is Cn1c(N2CCCC(O)(C(N)=O)C2)nc2ccccc21. The molecular weight excluding hydrogens is 256 g/mol. The van der Waals surface area contributed by atoms with Crippen LogP contribution in [0, 0.1) is 0 Å². The van der Waals surface area contributed by atoms with E-state index in [1.165, 1.54) is 0 Å². The van der Waals surface area contributed by atoms with Gasteiger partial charge in [-0.3, -0.25) is 4.79 Å². The van der Waals surface area contributed by atoms with Crippen LogP contribution in [0.3, 0.4) is 0 Å². The molecule has 1 aliphatic rings. The second-order valence-corrected chi connectivity index (χ2v) is 5.38. The lowest BCUT2D eigenvalue weighted by Crippen LogP contribution is -2.56. The molecule has 1 fully saturated rings. The van der Waals surface area contributed by atoms with Crippen molar-refractivity contribution < 1.29 is 9.90 Å². The number of β-amino-alcohol motifs (C(OH)–C–C–N with tert-alkyl or cyclic N) is 1. The molecule has 1 atom stereocenters. The zero-order chi connectivity index (χ0) is 14.3. The van der Waals surface area contributed by atoms with Gasteiger partial charge >= 0.3 is 0 Å². The molecule has 106 valence electrons. The number of amides is 1. The van der Waals surface area contributed by atoms with Crippen LogP contribution in [-0.4, -0.2) is 39.3 Å². The second kappa shape index (κ2) is 4.49. The van der Waals surface area contributed by atoms with Crippen LogP contribution in [0.1, 0.15) is 12.8 Å². The first-order valence-electron chi connectivity index (χ1n) is 6.70. The number of nitrogens with zero attached hydrogens (tertiary/aromatic N) is 3. The monoisotopic (exact) mass is 274 g/mol. The van der Waals surface area contributed by atoms with Crippen molar-refractivity contribution in [3.8, 4) is 0 Å². The number of rotatable bonds is 2. The molecule has 0 radical (unpaired) electrons. The molecule has 0 aliphatic carbocycles. The minimum absolute atomic E-state index is 0.194. The number of hydrogen-bond acceptors (Lipinski definition) is 4. The number of aryl methyl sites for hydroxylation is 1. The Labute approximate surface area is 116 Å². The minimum Gasteiger partial charge on any atom is -0.378 e. The Morgan fingerprint density at radius 2 is 2.20 bits per heavy atom. The summed E-state index contributed by atoms with van der Waals surface area (Å²) in [6.45, 7) is 0.951. The van der Waals surface area contributed by atoms with Crippen molar-refractivity contribution in [2.24, 2.45) is 12.8 Å². The fraction of sp³-hybridized carbons (Fsp3) is 0.429. The lowest BCUT2D eigenvalue weighted by Gasteiger charge is -2.37. The molecule has 1 aliphatic heterocycles. The number of para-hydroxylation sites is 2. The van der Waals surface area contributed by atoms with E-state index in [1.54, 1.807) is 0 Å². The van der Waals surface area contributed by atoms with Gasteiger partial charge in [-0.25, -0.2) is 4.98 Å². The maximum atomic E-state index is 11.4. The van der Waals surface area contributed by atoms with Gasteiger partial charge in [-0.15, -0.1) is 0 Å². The molecule has 2 aromatic rings. The van der Waals surface area contributed by atoms with Crippen molar-refractivity contribution in [2.45, 2.75) is 18.4 Å². The van der Waals surface area contributed by atoms with E-state index in [0.717, 1.165) is 23.5 Å². The zero-order valence-electron chi connectivity index (χ0n) is 11.4. The molecule has 0 bridgehead atoms. The van der Waals surface area contributed by atoms with E-state index >= 15 is 0 Å². The van der Waals surface area contributed by atoms with Crippen LogP contribution < -0.4 is 10.6 Å². The molecule has 0 saturated carbocycles. The van der Waals surface area contributed by atoms with Crippen molar-refractivity contribution in [3.63, 3.8) is 0 Å². The molecule has 6 nitrogen and oxygen atoms in total. The fourth-order valence-electron chi connectivity index (χ4n) is 2.82. The van der Waals surface area contributed by atoms with Crippen molar-refractivity contribution in [1.82, 2.24) is 9.55 Å². The second-order valence-electron chi connectivity index (χ2n) is 5.38. The summed E-state index contributed by atoms with van der Waals surface area (Å²) >= 11 is 0. The van der Waals surface area contributed by atoms with Crippen molar-refractivity contribution in [1.29, 1.82) is 0 Å². The van der Waals surface area contributed by atoms with Crippen molar-refractivity contribution >= 4 is 22.9 Å². The van der Waals surface area contributed by atoms with Gasteiger partial charge in [0.25, 0.3) is 5.91 Å². The van der Waals surface area contributed by atoms with E-state index < -0.39 is 11.5 Å². The van der Waals surface area contributed by atoms with Crippen LogP contribution in [-0.2, 0) is 11.8 Å². The summed E-state index contributed by atoms with van der Waals surface area (Å²) < 4.78 is 1.97. The summed E-state index contributed by atoms with van der Waals surface area (Å²) in [6, 6.07) is 7.85. The van der Waals surface area contributed by atoms with Gasteiger partial charge in [0.05, 0.1) is 17.6 Å². The molecule has 0 spiro atoms. The van der Waals surface area contributed by atoms with Gasteiger partial charge in [0.2, 0.25) is 5.95 Å². The highest BCUT2D eigenvalue weighted by Gasteiger charge is 2.39. The van der Waals surface area contributed by atoms with E-state index in [-0.39, 0.29) is 6.54 Å². The van der Waals surface area contributed by atoms with Crippen molar-refractivity contribution in [2.75, 3.05) is 18.0 Å². The number of anilines is 1. The van der Waals surface area contributed by atoms with Crippen LogP contribution in [0.15, 0.2) is 24.3 Å². The topological polar surface area (TPSA) is 84.4 Å². The summed E-state index contributed by atoms with van der Waals surface area (Å²) in [5.74, 6) is 0.0894. The lowest BCUT2D eigenvalue weighted by atomic mass is 9.92. The molecule has 1 unspecified atom stereocenters. The molecule has 3 rings (SSSR count). The van der Waals surface area contributed by atoms with Crippen LogP contribution in [0.4, 0.5) is 5.95 Å². The van der Waals surface area contributed by atoms with Gasteiger partial charge in [0.15, 0.2) is 5.60 Å². The number of aromatic nitrogens is 2. The molecule has 1 aromatic carbocycles. The van der Waals surface area contributed by atoms with E-state index in [9.17, 15) is 9.90 Å². The highest BCUT2D eigenvalue weighted by molar-refractivity contribution is 5.84. The van der Waals surface area contributed by atoms with E-state index in [2.05, 4.69) is 4.98 Å². The van der Waals surface area contributed by atoms with Gasteiger partial charge in [-0.1, -0.05) is 12.1 Å². The molecule has 20 heavy (non-hydrogen) atoms. The Kier molecular flexibility index (Phi) is 2.90. The lowest BCUT2D eigenvalue weighted by molar-refractivity contribution is -0.137. The van der Waals surface area contributed by atoms with Gasteiger partial charge in [-0.2, -0.15) is 0 Å². The predicted octanol–water partition coefficient (Wildman–Crippen LogP) is 0.390. The summed E-state index contributed by atoms with van der Waals surface area (Å²) in [4.78, 5) is 17.9.